The van der Waals surface area contributed by atoms with Crippen molar-refractivity contribution < 1.29 is 33.6 Å². The number of rotatable bonds is 3. The number of hydrogen-bond donors (Lipinski definition) is 1. The molecule has 0 aliphatic carbocycles. The third kappa shape index (κ3) is 3.39. The van der Waals surface area contributed by atoms with Gasteiger partial charge in [-0.25, -0.2) is 0 Å². The van der Waals surface area contributed by atoms with Gasteiger partial charge in [0.2, 0.25) is 0 Å². The van der Waals surface area contributed by atoms with E-state index in [0.29, 0.717) is 0 Å². The summed E-state index contributed by atoms with van der Waals surface area (Å²) in [4.78, 5) is 11.4. The number of esters is 1. The Bertz CT molecular complexity index is 534. The molecule has 1 aromatic carbocycles. The Balaban J connectivity index is 1.80. The molecule has 7 heteroatoms. The van der Waals surface area contributed by atoms with Gasteiger partial charge in [-0.05, 0) is 0 Å². The molecule has 6 atom stereocenters. The number of ether oxygens (including phenoxy) is 5. The van der Waals surface area contributed by atoms with E-state index in [1.54, 1.807) is 0 Å². The minimum absolute atomic E-state index is 0.245. The average Bonchev–Trinajstić information content (AvgIpc) is 2.57. The zero-order valence-corrected chi connectivity index (χ0v) is 13.0. The molecule has 2 aliphatic heterocycles. The largest absolute Gasteiger partial charge is 0.457 e. The molecule has 1 N–H and O–H groups in total. The van der Waals surface area contributed by atoms with E-state index in [9.17, 15) is 9.90 Å². The highest BCUT2D eigenvalue weighted by atomic mass is 16.8. The number of benzene rings is 1. The molecule has 23 heavy (non-hydrogen) atoms. The summed E-state index contributed by atoms with van der Waals surface area (Å²) in [6.07, 6.45) is -4.66. The third-order valence-corrected chi connectivity index (χ3v) is 3.91. The van der Waals surface area contributed by atoms with Crippen molar-refractivity contribution in [2.24, 2.45) is 0 Å². The van der Waals surface area contributed by atoms with Crippen LogP contribution in [-0.4, -0.2) is 55.5 Å². The fourth-order valence-corrected chi connectivity index (χ4v) is 2.86. The Morgan fingerprint density at radius 3 is 2.65 bits per heavy atom. The smallest absolute Gasteiger partial charge is 0.303 e. The second-order valence-electron chi connectivity index (χ2n) is 5.52. The van der Waals surface area contributed by atoms with Crippen molar-refractivity contribution in [1.82, 2.24) is 0 Å². The lowest BCUT2D eigenvalue weighted by atomic mass is 9.97. The van der Waals surface area contributed by atoms with Crippen molar-refractivity contribution in [2.45, 2.75) is 43.9 Å². The molecular formula is C16H20O7. The standard InChI is InChI=1S/C16H20O7/c1-9(17)21-14-12(18)16(19-2)22-11-8-20-15(23-13(11)14)10-6-4-3-5-7-10/h3-7,11-16,18H,8H2,1-2H3/t11-,12-,13-,14-,15-,16+/m1/s1. The van der Waals surface area contributed by atoms with Crippen LogP contribution in [0.5, 0.6) is 0 Å². The summed E-state index contributed by atoms with van der Waals surface area (Å²) in [7, 11) is 1.41. The number of carbonyl (C=O) groups is 1. The van der Waals surface area contributed by atoms with Gasteiger partial charge in [0.1, 0.15) is 18.3 Å². The summed E-state index contributed by atoms with van der Waals surface area (Å²) in [5.41, 5.74) is 0.843. The van der Waals surface area contributed by atoms with Crippen molar-refractivity contribution in [1.29, 1.82) is 0 Å². The number of aliphatic hydroxyl groups is 1. The second kappa shape index (κ2) is 6.94. The number of carbonyl (C=O) groups excluding carboxylic acids is 1. The van der Waals surface area contributed by atoms with Crippen LogP contribution in [0.2, 0.25) is 0 Å². The quantitative estimate of drug-likeness (QED) is 0.822. The molecule has 2 fully saturated rings. The van der Waals surface area contributed by atoms with Crippen LogP contribution >= 0.6 is 0 Å². The van der Waals surface area contributed by atoms with E-state index in [0.717, 1.165) is 5.56 Å². The fourth-order valence-electron chi connectivity index (χ4n) is 2.86. The number of hydrogen-bond acceptors (Lipinski definition) is 7. The molecule has 0 saturated carbocycles. The van der Waals surface area contributed by atoms with Gasteiger partial charge < -0.3 is 28.8 Å². The van der Waals surface area contributed by atoms with Crippen LogP contribution in [0, 0.1) is 0 Å². The zero-order valence-electron chi connectivity index (χ0n) is 13.0. The monoisotopic (exact) mass is 324 g/mol. The van der Waals surface area contributed by atoms with Crippen molar-refractivity contribution in [3.63, 3.8) is 0 Å². The molecule has 0 spiro atoms. The first-order valence-corrected chi connectivity index (χ1v) is 7.45. The topological polar surface area (TPSA) is 83.5 Å². The molecule has 0 unspecified atom stereocenters. The van der Waals surface area contributed by atoms with Gasteiger partial charge >= 0.3 is 5.97 Å². The van der Waals surface area contributed by atoms with Crippen molar-refractivity contribution >= 4 is 5.97 Å². The van der Waals surface area contributed by atoms with Gasteiger partial charge in [-0.3, -0.25) is 4.79 Å². The van der Waals surface area contributed by atoms with Crippen LogP contribution in [0.1, 0.15) is 18.8 Å². The maximum atomic E-state index is 11.4. The van der Waals surface area contributed by atoms with Crippen molar-refractivity contribution in [3.05, 3.63) is 35.9 Å². The molecule has 1 aromatic rings. The Morgan fingerprint density at radius 2 is 2.00 bits per heavy atom. The highest BCUT2D eigenvalue weighted by Crippen LogP contribution is 2.35. The first-order valence-electron chi connectivity index (χ1n) is 7.45. The Labute approximate surface area is 134 Å². The number of methoxy groups -OCH3 is 1. The summed E-state index contributed by atoms with van der Waals surface area (Å²) in [5.74, 6) is -0.504. The molecule has 126 valence electrons. The van der Waals surface area contributed by atoms with Crippen LogP contribution in [0.3, 0.4) is 0 Å². The number of aliphatic hydroxyl groups excluding tert-OH is 1. The van der Waals surface area contributed by atoms with Gasteiger partial charge in [0.25, 0.3) is 0 Å². The lowest BCUT2D eigenvalue weighted by Gasteiger charge is -2.46. The van der Waals surface area contributed by atoms with Gasteiger partial charge in [-0.1, -0.05) is 30.3 Å². The van der Waals surface area contributed by atoms with Crippen LogP contribution in [-0.2, 0) is 28.5 Å². The Kier molecular flexibility index (Phi) is 4.93. The highest BCUT2D eigenvalue weighted by Gasteiger charge is 2.51. The molecule has 7 nitrogen and oxygen atoms in total. The summed E-state index contributed by atoms with van der Waals surface area (Å²) in [6.45, 7) is 1.53. The molecule has 2 saturated heterocycles. The molecule has 0 bridgehead atoms. The molecule has 0 radical (unpaired) electrons. The minimum Gasteiger partial charge on any atom is -0.457 e. The normalized spacial score (nSPS) is 37.0. The van der Waals surface area contributed by atoms with Crippen LogP contribution < -0.4 is 0 Å². The fraction of sp³-hybridized carbons (Fsp3) is 0.562. The van der Waals surface area contributed by atoms with E-state index in [1.807, 2.05) is 30.3 Å². The Morgan fingerprint density at radius 1 is 1.26 bits per heavy atom. The maximum absolute atomic E-state index is 11.4. The summed E-state index contributed by atoms with van der Waals surface area (Å²) in [5, 5.41) is 10.3. The molecular weight excluding hydrogens is 304 g/mol. The predicted octanol–water partition coefficient (Wildman–Crippen LogP) is 0.764. The first-order chi connectivity index (χ1) is 11.1. The molecule has 0 aromatic heterocycles. The molecule has 0 amide bonds. The van der Waals surface area contributed by atoms with Crippen molar-refractivity contribution in [2.75, 3.05) is 13.7 Å². The number of fused-ring (bicyclic) bond motifs is 1. The lowest BCUT2D eigenvalue weighted by molar-refractivity contribution is -0.358. The van der Waals surface area contributed by atoms with E-state index >= 15 is 0 Å². The maximum Gasteiger partial charge on any atom is 0.303 e. The van der Waals surface area contributed by atoms with Gasteiger partial charge in [-0.2, -0.15) is 0 Å². The summed E-state index contributed by atoms with van der Waals surface area (Å²) < 4.78 is 27.6. The van der Waals surface area contributed by atoms with Gasteiger partial charge in [-0.15, -0.1) is 0 Å². The van der Waals surface area contributed by atoms with Gasteiger partial charge in [0, 0.05) is 19.6 Å². The summed E-state index contributed by atoms with van der Waals surface area (Å²) in [6, 6.07) is 9.41. The van der Waals surface area contributed by atoms with E-state index in [2.05, 4.69) is 0 Å². The predicted molar refractivity (Wildman–Crippen MR) is 77.2 cm³/mol. The summed E-state index contributed by atoms with van der Waals surface area (Å²) >= 11 is 0. The van der Waals surface area contributed by atoms with Gasteiger partial charge in [0.05, 0.1) is 6.61 Å². The van der Waals surface area contributed by atoms with Crippen LogP contribution in [0.25, 0.3) is 0 Å². The Hall–Kier alpha value is -1.51. The molecule has 2 heterocycles. The lowest BCUT2D eigenvalue weighted by Crippen LogP contribution is -2.63. The van der Waals surface area contributed by atoms with Crippen LogP contribution in [0.4, 0.5) is 0 Å². The van der Waals surface area contributed by atoms with E-state index in [-0.39, 0.29) is 6.61 Å². The third-order valence-electron chi connectivity index (χ3n) is 3.91. The van der Waals surface area contributed by atoms with E-state index in [4.69, 9.17) is 23.7 Å². The van der Waals surface area contributed by atoms with Crippen LogP contribution in [0.15, 0.2) is 30.3 Å². The van der Waals surface area contributed by atoms with E-state index < -0.39 is 43.0 Å². The first kappa shape index (κ1) is 16.4. The SMILES string of the molecule is CO[C@H]1O[C@@H]2CO[C@@H](c3ccccc3)O[C@H]2[C@H](OC(C)=O)[C@H]1O. The van der Waals surface area contributed by atoms with E-state index in [1.165, 1.54) is 14.0 Å². The van der Waals surface area contributed by atoms with Crippen molar-refractivity contribution in [3.8, 4) is 0 Å². The molecule has 2 aliphatic rings. The zero-order chi connectivity index (χ0) is 16.4. The molecule has 3 rings (SSSR count). The average molecular weight is 324 g/mol. The van der Waals surface area contributed by atoms with Gasteiger partial charge in [0.15, 0.2) is 18.7 Å². The minimum atomic E-state index is -1.14. The second-order valence-corrected chi connectivity index (χ2v) is 5.52. The highest BCUT2D eigenvalue weighted by molar-refractivity contribution is 5.66.